The number of nitrogens with zero attached hydrogens (tertiary/aromatic N) is 2. The van der Waals surface area contributed by atoms with Crippen molar-refractivity contribution in [3.8, 4) is 0 Å². The van der Waals surface area contributed by atoms with Crippen LogP contribution >= 0.6 is 0 Å². The molecule has 0 aliphatic carbocycles. The first kappa shape index (κ1) is 19.4. The Hall–Kier alpha value is -1.88. The fourth-order valence-corrected chi connectivity index (χ4v) is 3.20. The molecule has 0 bridgehead atoms. The average Bonchev–Trinajstić information content (AvgIpc) is 2.60. The van der Waals surface area contributed by atoms with E-state index in [1.54, 1.807) is 0 Å². The summed E-state index contributed by atoms with van der Waals surface area (Å²) in [6, 6.07) is 7.99. The van der Waals surface area contributed by atoms with Crippen molar-refractivity contribution in [3.63, 3.8) is 0 Å². The van der Waals surface area contributed by atoms with E-state index >= 15 is 0 Å². The lowest BCUT2D eigenvalue weighted by atomic mass is 10.1. The molecule has 1 aliphatic heterocycles. The summed E-state index contributed by atoms with van der Waals surface area (Å²) in [5, 5.41) is 2.91. The molecule has 1 aromatic rings. The van der Waals surface area contributed by atoms with Crippen molar-refractivity contribution in [1.29, 1.82) is 0 Å². The minimum absolute atomic E-state index is 0.0294. The topological polar surface area (TPSA) is 52.7 Å². The first-order chi connectivity index (χ1) is 12.0. The molecule has 1 N–H and O–H groups in total. The Labute approximate surface area is 151 Å². The van der Waals surface area contributed by atoms with Crippen LogP contribution in [0.25, 0.3) is 0 Å². The minimum atomic E-state index is -0.377. The van der Waals surface area contributed by atoms with Crippen LogP contribution in [0.1, 0.15) is 44.2 Å². The van der Waals surface area contributed by atoms with Gasteiger partial charge in [0.1, 0.15) is 0 Å². The standard InChI is InChI=1S/C20H31N3O2/c1-4-6-12-22(5-2)19(24)14-18-20(25)21-11-13-23(18)15-17-9-7-16(3)8-10-17/h7-10,18H,4-6,11-15H2,1-3H3,(H,21,25). The van der Waals surface area contributed by atoms with Crippen molar-refractivity contribution in [2.75, 3.05) is 26.2 Å². The molecule has 0 spiro atoms. The quantitative estimate of drug-likeness (QED) is 0.787. The maximum Gasteiger partial charge on any atom is 0.237 e. The number of amides is 2. The van der Waals surface area contributed by atoms with Crippen molar-refractivity contribution in [2.45, 2.75) is 52.6 Å². The van der Waals surface area contributed by atoms with Crippen molar-refractivity contribution < 1.29 is 9.59 Å². The van der Waals surface area contributed by atoms with E-state index in [0.29, 0.717) is 19.6 Å². The van der Waals surface area contributed by atoms with Crippen LogP contribution in [0.4, 0.5) is 0 Å². The zero-order chi connectivity index (χ0) is 18.2. The van der Waals surface area contributed by atoms with E-state index in [2.05, 4.69) is 48.3 Å². The third-order valence-corrected chi connectivity index (χ3v) is 4.83. The van der Waals surface area contributed by atoms with Gasteiger partial charge in [0.2, 0.25) is 11.8 Å². The fourth-order valence-electron chi connectivity index (χ4n) is 3.20. The van der Waals surface area contributed by atoms with Crippen LogP contribution in [0, 0.1) is 6.92 Å². The third-order valence-electron chi connectivity index (χ3n) is 4.83. The first-order valence-corrected chi connectivity index (χ1v) is 9.40. The monoisotopic (exact) mass is 345 g/mol. The zero-order valence-corrected chi connectivity index (χ0v) is 15.8. The number of aryl methyl sites for hydroxylation is 1. The van der Waals surface area contributed by atoms with Gasteiger partial charge in [0.05, 0.1) is 12.5 Å². The number of hydrogen-bond acceptors (Lipinski definition) is 3. The number of benzene rings is 1. The Balaban J connectivity index is 2.04. The summed E-state index contributed by atoms with van der Waals surface area (Å²) < 4.78 is 0. The Morgan fingerprint density at radius 2 is 2.00 bits per heavy atom. The van der Waals surface area contributed by atoms with Gasteiger partial charge in [-0.2, -0.15) is 0 Å². The second-order valence-corrected chi connectivity index (χ2v) is 6.79. The van der Waals surface area contributed by atoms with E-state index in [4.69, 9.17) is 0 Å². The second-order valence-electron chi connectivity index (χ2n) is 6.79. The summed E-state index contributed by atoms with van der Waals surface area (Å²) >= 11 is 0. The van der Waals surface area contributed by atoms with Crippen LogP contribution in [-0.2, 0) is 16.1 Å². The van der Waals surface area contributed by atoms with Gasteiger partial charge in [-0.3, -0.25) is 14.5 Å². The smallest absolute Gasteiger partial charge is 0.237 e. The SMILES string of the molecule is CCCCN(CC)C(=O)CC1C(=O)NCCN1Cc1ccc(C)cc1. The predicted octanol–water partition coefficient (Wildman–Crippen LogP) is 2.33. The number of hydrogen-bond donors (Lipinski definition) is 1. The second kappa shape index (κ2) is 9.56. The Kier molecular flexibility index (Phi) is 7.44. The first-order valence-electron chi connectivity index (χ1n) is 9.40. The molecule has 0 aromatic heterocycles. The van der Waals surface area contributed by atoms with E-state index in [9.17, 15) is 9.59 Å². The maximum atomic E-state index is 12.7. The molecule has 1 aliphatic rings. The summed E-state index contributed by atoms with van der Waals surface area (Å²) in [7, 11) is 0. The van der Waals surface area contributed by atoms with Crippen LogP contribution in [0.5, 0.6) is 0 Å². The number of rotatable bonds is 8. The lowest BCUT2D eigenvalue weighted by Gasteiger charge is -2.35. The van der Waals surface area contributed by atoms with Crippen LogP contribution in [-0.4, -0.2) is 53.8 Å². The Morgan fingerprint density at radius 3 is 2.64 bits per heavy atom. The van der Waals surface area contributed by atoms with Gasteiger partial charge in [0.25, 0.3) is 0 Å². The predicted molar refractivity (Wildman–Crippen MR) is 100 cm³/mol. The molecule has 138 valence electrons. The number of carbonyl (C=O) groups is 2. The summed E-state index contributed by atoms with van der Waals surface area (Å²) in [6.07, 6.45) is 2.33. The molecule has 1 atom stereocenters. The molecule has 5 nitrogen and oxygen atoms in total. The molecule has 1 aromatic carbocycles. The maximum absolute atomic E-state index is 12.7. The molecule has 1 unspecified atom stereocenters. The molecule has 2 rings (SSSR count). The van der Waals surface area contributed by atoms with E-state index < -0.39 is 0 Å². The number of carbonyl (C=O) groups excluding carboxylic acids is 2. The largest absolute Gasteiger partial charge is 0.353 e. The molecule has 25 heavy (non-hydrogen) atoms. The Bertz CT molecular complexity index is 571. The summed E-state index contributed by atoms with van der Waals surface area (Å²) in [6.45, 7) is 9.78. The van der Waals surface area contributed by atoms with Gasteiger partial charge >= 0.3 is 0 Å². The number of nitrogens with one attached hydrogen (secondary N) is 1. The zero-order valence-electron chi connectivity index (χ0n) is 15.8. The Morgan fingerprint density at radius 1 is 1.28 bits per heavy atom. The third kappa shape index (κ3) is 5.56. The molecule has 0 saturated carbocycles. The number of piperazine rings is 1. The van der Waals surface area contributed by atoms with Gasteiger partial charge in [0, 0.05) is 32.7 Å². The highest BCUT2D eigenvalue weighted by molar-refractivity contribution is 5.88. The lowest BCUT2D eigenvalue weighted by molar-refractivity contribution is -0.139. The molecular weight excluding hydrogens is 314 g/mol. The van der Waals surface area contributed by atoms with Gasteiger partial charge in [0.15, 0.2) is 0 Å². The van der Waals surface area contributed by atoms with Crippen LogP contribution in [0.3, 0.4) is 0 Å². The molecule has 2 amide bonds. The average molecular weight is 345 g/mol. The van der Waals surface area contributed by atoms with E-state index in [0.717, 1.165) is 25.9 Å². The molecule has 1 fully saturated rings. The van der Waals surface area contributed by atoms with Gasteiger partial charge in [-0.15, -0.1) is 0 Å². The van der Waals surface area contributed by atoms with Gasteiger partial charge in [-0.05, 0) is 25.8 Å². The van der Waals surface area contributed by atoms with Crippen molar-refractivity contribution in [3.05, 3.63) is 35.4 Å². The van der Waals surface area contributed by atoms with Gasteiger partial charge in [-0.25, -0.2) is 0 Å². The fraction of sp³-hybridized carbons (Fsp3) is 0.600. The highest BCUT2D eigenvalue weighted by atomic mass is 16.2. The minimum Gasteiger partial charge on any atom is -0.353 e. The van der Waals surface area contributed by atoms with Crippen LogP contribution in [0.15, 0.2) is 24.3 Å². The normalized spacial score (nSPS) is 18.0. The van der Waals surface area contributed by atoms with Crippen molar-refractivity contribution in [2.24, 2.45) is 0 Å². The highest BCUT2D eigenvalue weighted by Crippen LogP contribution is 2.16. The summed E-state index contributed by atoms with van der Waals surface area (Å²) in [4.78, 5) is 29.0. The van der Waals surface area contributed by atoms with Crippen molar-refractivity contribution >= 4 is 11.8 Å². The lowest BCUT2D eigenvalue weighted by Crippen LogP contribution is -2.56. The van der Waals surface area contributed by atoms with Gasteiger partial charge < -0.3 is 10.2 Å². The highest BCUT2D eigenvalue weighted by Gasteiger charge is 2.32. The summed E-state index contributed by atoms with van der Waals surface area (Å²) in [5.41, 5.74) is 2.40. The van der Waals surface area contributed by atoms with E-state index in [1.807, 2.05) is 11.8 Å². The number of unbranched alkanes of at least 4 members (excludes halogenated alkanes) is 1. The molecule has 5 heteroatoms. The summed E-state index contributed by atoms with van der Waals surface area (Å²) in [5.74, 6) is 0.0464. The van der Waals surface area contributed by atoms with Crippen molar-refractivity contribution in [1.82, 2.24) is 15.1 Å². The van der Waals surface area contributed by atoms with Gasteiger partial charge in [-0.1, -0.05) is 43.2 Å². The molecule has 1 heterocycles. The van der Waals surface area contributed by atoms with Crippen LogP contribution < -0.4 is 5.32 Å². The van der Waals surface area contributed by atoms with Crippen LogP contribution in [0.2, 0.25) is 0 Å². The van der Waals surface area contributed by atoms with E-state index in [1.165, 1.54) is 11.1 Å². The molecular formula is C20H31N3O2. The van der Waals surface area contributed by atoms with E-state index in [-0.39, 0.29) is 24.3 Å². The molecule has 0 radical (unpaired) electrons. The molecule has 1 saturated heterocycles.